The van der Waals surface area contributed by atoms with Crippen LogP contribution in [0.15, 0.2) is 36.4 Å². The van der Waals surface area contributed by atoms with Crippen molar-refractivity contribution in [2.75, 3.05) is 0 Å². The first-order valence-corrected chi connectivity index (χ1v) is 7.26. The Hall–Kier alpha value is -2.10. The Morgan fingerprint density at radius 2 is 2.10 bits per heavy atom. The number of ether oxygens (including phenoxy) is 1. The fraction of sp³-hybridized carbons (Fsp3) is 0.0714. The average Bonchev–Trinajstić information content (AvgIpc) is 2.47. The number of nitro groups is 1. The third-order valence-corrected chi connectivity index (χ3v) is 3.63. The van der Waals surface area contributed by atoms with E-state index in [1.807, 2.05) is 6.07 Å². The topological polar surface area (TPSA) is 76.2 Å². The van der Waals surface area contributed by atoms with Gasteiger partial charge < -0.3 is 4.74 Å². The SMILES string of the molecule is N#Cc1ccc(Oc2cccc(Cl)c2CBr)c([N+](=O)[O-])c1. The summed E-state index contributed by atoms with van der Waals surface area (Å²) in [5.74, 6) is 0.482. The quantitative estimate of drug-likeness (QED) is 0.441. The number of halogens is 2. The third-order valence-electron chi connectivity index (χ3n) is 2.71. The van der Waals surface area contributed by atoms with Crippen LogP contribution in [-0.2, 0) is 5.33 Å². The summed E-state index contributed by atoms with van der Waals surface area (Å²) in [7, 11) is 0. The molecule has 0 bridgehead atoms. The van der Waals surface area contributed by atoms with Gasteiger partial charge in [-0.3, -0.25) is 10.1 Å². The molecule has 0 aromatic heterocycles. The molecule has 0 heterocycles. The summed E-state index contributed by atoms with van der Waals surface area (Å²) < 4.78 is 5.61. The largest absolute Gasteiger partial charge is 0.450 e. The summed E-state index contributed by atoms with van der Waals surface area (Å²) in [5, 5.41) is 20.8. The molecule has 5 nitrogen and oxygen atoms in total. The number of benzene rings is 2. The molecule has 0 saturated carbocycles. The van der Waals surface area contributed by atoms with Gasteiger partial charge in [-0.15, -0.1) is 0 Å². The maximum absolute atomic E-state index is 11.1. The van der Waals surface area contributed by atoms with Crippen LogP contribution in [0.1, 0.15) is 11.1 Å². The number of nitriles is 1. The lowest BCUT2D eigenvalue weighted by Crippen LogP contribution is -1.96. The van der Waals surface area contributed by atoms with Crippen molar-refractivity contribution in [3.05, 3.63) is 62.7 Å². The van der Waals surface area contributed by atoms with Crippen molar-refractivity contribution in [3.8, 4) is 17.6 Å². The van der Waals surface area contributed by atoms with Crippen molar-refractivity contribution in [1.82, 2.24) is 0 Å². The number of hydrogen-bond donors (Lipinski definition) is 0. The molecule has 0 aliphatic heterocycles. The molecule has 0 aliphatic rings. The summed E-state index contributed by atoms with van der Waals surface area (Å²) >= 11 is 9.36. The first kappa shape index (κ1) is 15.3. The minimum absolute atomic E-state index is 0.0588. The summed E-state index contributed by atoms with van der Waals surface area (Å²) in [6.07, 6.45) is 0. The number of hydrogen-bond acceptors (Lipinski definition) is 4. The molecule has 0 saturated heterocycles. The van der Waals surface area contributed by atoms with Crippen LogP contribution >= 0.6 is 27.5 Å². The van der Waals surface area contributed by atoms with Crippen LogP contribution in [0.5, 0.6) is 11.5 Å². The molecular formula is C14H8BrClN2O3. The van der Waals surface area contributed by atoms with Gasteiger partial charge in [0.15, 0.2) is 0 Å². The van der Waals surface area contributed by atoms with Crippen molar-refractivity contribution in [2.45, 2.75) is 5.33 Å². The van der Waals surface area contributed by atoms with Crippen molar-refractivity contribution < 1.29 is 9.66 Å². The zero-order valence-electron chi connectivity index (χ0n) is 10.5. The fourth-order valence-corrected chi connectivity index (χ4v) is 2.67. The average molecular weight is 368 g/mol. The third kappa shape index (κ3) is 3.32. The minimum Gasteiger partial charge on any atom is -0.450 e. The highest BCUT2D eigenvalue weighted by Gasteiger charge is 2.18. The number of alkyl halides is 1. The van der Waals surface area contributed by atoms with E-state index >= 15 is 0 Å². The Kier molecular flexibility index (Phi) is 4.78. The maximum Gasteiger partial charge on any atom is 0.312 e. The molecule has 0 N–H and O–H groups in total. The van der Waals surface area contributed by atoms with Gasteiger partial charge in [0, 0.05) is 22.0 Å². The van der Waals surface area contributed by atoms with Gasteiger partial charge in [0.2, 0.25) is 5.75 Å². The van der Waals surface area contributed by atoms with Crippen LogP contribution in [-0.4, -0.2) is 4.92 Å². The van der Waals surface area contributed by atoms with Crippen molar-refractivity contribution in [2.24, 2.45) is 0 Å². The molecule has 2 aromatic carbocycles. The van der Waals surface area contributed by atoms with Gasteiger partial charge in [-0.05, 0) is 24.3 Å². The predicted molar refractivity (Wildman–Crippen MR) is 82.0 cm³/mol. The van der Waals surface area contributed by atoms with E-state index < -0.39 is 4.92 Å². The van der Waals surface area contributed by atoms with Crippen LogP contribution in [0.4, 0.5) is 5.69 Å². The molecule has 106 valence electrons. The lowest BCUT2D eigenvalue weighted by atomic mass is 10.2. The van der Waals surface area contributed by atoms with E-state index in [1.165, 1.54) is 18.2 Å². The smallest absolute Gasteiger partial charge is 0.312 e. The van der Waals surface area contributed by atoms with Gasteiger partial charge in [-0.2, -0.15) is 5.26 Å². The Morgan fingerprint density at radius 1 is 1.33 bits per heavy atom. The number of nitrogens with zero attached hydrogens (tertiary/aromatic N) is 2. The maximum atomic E-state index is 11.1. The molecule has 0 spiro atoms. The zero-order valence-corrected chi connectivity index (χ0v) is 12.9. The van der Waals surface area contributed by atoms with E-state index in [4.69, 9.17) is 21.6 Å². The summed E-state index contributed by atoms with van der Waals surface area (Å²) in [6, 6.07) is 11.0. The molecule has 0 atom stereocenters. The van der Waals surface area contributed by atoms with Gasteiger partial charge in [-0.25, -0.2) is 0 Å². The molecular weight excluding hydrogens is 360 g/mol. The monoisotopic (exact) mass is 366 g/mol. The summed E-state index contributed by atoms with van der Waals surface area (Å²) in [6.45, 7) is 0. The number of rotatable bonds is 4. The molecule has 0 fully saturated rings. The Bertz CT molecular complexity index is 743. The second-order valence-electron chi connectivity index (χ2n) is 4.00. The van der Waals surface area contributed by atoms with E-state index in [-0.39, 0.29) is 17.0 Å². The van der Waals surface area contributed by atoms with Gasteiger partial charge in [0.05, 0.1) is 16.6 Å². The summed E-state index contributed by atoms with van der Waals surface area (Å²) in [5.41, 5.74) is 0.619. The lowest BCUT2D eigenvalue weighted by molar-refractivity contribution is -0.385. The molecule has 0 amide bonds. The van der Waals surface area contributed by atoms with E-state index in [1.54, 1.807) is 18.2 Å². The Balaban J connectivity index is 2.47. The molecule has 0 aliphatic carbocycles. The second kappa shape index (κ2) is 6.57. The van der Waals surface area contributed by atoms with Gasteiger partial charge in [0.1, 0.15) is 5.75 Å². The first-order valence-electron chi connectivity index (χ1n) is 5.76. The zero-order chi connectivity index (χ0) is 15.4. The van der Waals surface area contributed by atoms with Crippen LogP contribution in [0, 0.1) is 21.4 Å². The van der Waals surface area contributed by atoms with Crippen molar-refractivity contribution >= 4 is 33.2 Å². The van der Waals surface area contributed by atoms with Gasteiger partial charge >= 0.3 is 5.69 Å². The minimum atomic E-state index is -0.589. The highest BCUT2D eigenvalue weighted by atomic mass is 79.9. The highest BCUT2D eigenvalue weighted by molar-refractivity contribution is 9.08. The van der Waals surface area contributed by atoms with Gasteiger partial charge in [0.25, 0.3) is 0 Å². The van der Waals surface area contributed by atoms with Crippen LogP contribution in [0.2, 0.25) is 5.02 Å². The van der Waals surface area contributed by atoms with Crippen molar-refractivity contribution in [1.29, 1.82) is 5.26 Å². The van der Waals surface area contributed by atoms with E-state index in [2.05, 4.69) is 15.9 Å². The normalized spacial score (nSPS) is 9.95. The highest BCUT2D eigenvalue weighted by Crippen LogP contribution is 2.36. The van der Waals surface area contributed by atoms with Crippen LogP contribution in [0.3, 0.4) is 0 Å². The summed E-state index contributed by atoms with van der Waals surface area (Å²) in [4.78, 5) is 10.5. The van der Waals surface area contributed by atoms with Gasteiger partial charge in [-0.1, -0.05) is 33.6 Å². The number of nitro benzene ring substituents is 1. The molecule has 2 rings (SSSR count). The molecule has 2 aromatic rings. The molecule has 0 radical (unpaired) electrons. The van der Waals surface area contributed by atoms with Crippen molar-refractivity contribution in [3.63, 3.8) is 0 Å². The lowest BCUT2D eigenvalue weighted by Gasteiger charge is -2.11. The predicted octanol–water partition coefficient (Wildman–Crippen LogP) is 4.81. The molecule has 7 heteroatoms. The first-order chi connectivity index (χ1) is 10.1. The van der Waals surface area contributed by atoms with Crippen LogP contribution < -0.4 is 4.74 Å². The van der Waals surface area contributed by atoms with E-state index in [0.29, 0.717) is 21.7 Å². The molecule has 21 heavy (non-hydrogen) atoms. The van der Waals surface area contributed by atoms with E-state index in [9.17, 15) is 10.1 Å². The molecule has 0 unspecified atom stereocenters. The van der Waals surface area contributed by atoms with Crippen LogP contribution in [0.25, 0.3) is 0 Å². The Morgan fingerprint density at radius 3 is 2.71 bits per heavy atom. The standard InChI is InChI=1S/C14H8BrClN2O3/c15-7-10-11(16)2-1-3-13(10)21-14-5-4-9(8-17)6-12(14)18(19)20/h1-6H,7H2. The second-order valence-corrected chi connectivity index (χ2v) is 4.97. The Labute approximate surface area is 134 Å². The fourth-order valence-electron chi connectivity index (χ4n) is 1.70. The van der Waals surface area contributed by atoms with E-state index in [0.717, 1.165) is 0 Å².